The van der Waals surface area contributed by atoms with Crippen molar-refractivity contribution in [2.24, 2.45) is 5.92 Å². The van der Waals surface area contributed by atoms with Gasteiger partial charge in [-0.15, -0.1) is 0 Å². The lowest BCUT2D eigenvalue weighted by Crippen LogP contribution is -2.14. The monoisotopic (exact) mass is 2120 g/mol. The molecule has 1 saturated carbocycles. The number of ketones is 1. The van der Waals surface area contributed by atoms with Crippen LogP contribution in [0.3, 0.4) is 0 Å². The lowest BCUT2D eigenvalue weighted by molar-refractivity contribution is -0.136. The predicted octanol–water partition coefficient (Wildman–Crippen LogP) is 24.2. The van der Waals surface area contributed by atoms with Gasteiger partial charge in [0.2, 0.25) is 5.78 Å². The maximum absolute atomic E-state index is 14.1. The van der Waals surface area contributed by atoms with Crippen LogP contribution in [0.1, 0.15) is 148 Å². The number of rotatable bonds is 31. The van der Waals surface area contributed by atoms with Gasteiger partial charge in [-0.1, -0.05) is 239 Å². The minimum absolute atomic E-state index is 0.0482. The fraction of sp³-hybridized carbons (Fsp3) is 0.228. The average Bonchev–Trinajstić information content (AvgIpc) is 0.965. The fourth-order valence-electron chi connectivity index (χ4n) is 14.8. The van der Waals surface area contributed by atoms with Gasteiger partial charge >= 0.3 is 60.9 Å². The number of thioether (sulfide) groups is 3. The zero-order valence-corrected chi connectivity index (χ0v) is 80.8. The third-order valence-electron chi connectivity index (χ3n) is 21.4. The molecule has 13 aromatic rings. The number of halogens is 9. The van der Waals surface area contributed by atoms with E-state index < -0.39 is 77.6 Å². The number of carboxylic acid groups (broad SMARTS) is 1. The number of nitrogens with zero attached hydrogens (tertiary/aromatic N) is 3. The molecule has 0 amide bonds. The number of alkyl halides is 6. The fourth-order valence-corrected chi connectivity index (χ4v) is 23.2. The number of carbonyl (C=O) groups is 2. The van der Waals surface area contributed by atoms with E-state index in [0.29, 0.717) is 102 Å². The summed E-state index contributed by atoms with van der Waals surface area (Å²) in [4.78, 5) is 133. The van der Waals surface area contributed by atoms with Crippen molar-refractivity contribution in [2.45, 2.75) is 123 Å². The van der Waals surface area contributed by atoms with Crippen molar-refractivity contribution < 1.29 is 113 Å². The minimum Gasteiger partial charge on any atom is -0.481 e. The van der Waals surface area contributed by atoms with Gasteiger partial charge in [-0.2, -0.15) is 61.6 Å². The van der Waals surface area contributed by atoms with Crippen LogP contribution in [0.5, 0.6) is 0 Å². The Balaban J connectivity index is 0.000000177. The second kappa shape index (κ2) is 42.1. The Morgan fingerprint density at radius 2 is 0.762 bits per heavy atom. The van der Waals surface area contributed by atoms with Gasteiger partial charge in [-0.05, 0) is 176 Å². The second-order valence-corrected chi connectivity index (χ2v) is 45.3. The van der Waals surface area contributed by atoms with Gasteiger partial charge < -0.3 is 54.0 Å². The highest BCUT2D eigenvalue weighted by Gasteiger charge is 2.53. The zero-order chi connectivity index (χ0) is 94.4. The Hall–Kier alpha value is -7.61. The summed E-state index contributed by atoms with van der Waals surface area (Å²) in [6.45, 7) is 6.49. The third-order valence-corrected chi connectivity index (χ3v) is 31.5. The topological polar surface area (TPSA) is 381 Å². The molecular weight excluding hydrogens is 2040 g/mol. The summed E-state index contributed by atoms with van der Waals surface area (Å²) in [6.07, 6.45) is 5.22. The summed E-state index contributed by atoms with van der Waals surface area (Å²) in [5.74, 6) is 3.11. The molecule has 0 aliphatic heterocycles. The number of hydrogen-bond acceptors (Lipinski definition) is 13. The number of pyridine rings is 3. The van der Waals surface area contributed by atoms with Gasteiger partial charge in [-0.3, -0.25) is 42.4 Å². The number of aliphatic carboxylic acids is 1. The predicted molar refractivity (Wildman–Crippen MR) is 510 cm³/mol. The molecule has 1 fully saturated rings. The Bertz CT molecular complexity index is 6650. The molecule has 10 aromatic carbocycles. The van der Waals surface area contributed by atoms with Crippen molar-refractivity contribution >= 4 is 176 Å². The first-order valence-corrected chi connectivity index (χ1v) is 53.9. The van der Waals surface area contributed by atoms with Crippen LogP contribution in [0, 0.1) is 5.92 Å². The van der Waals surface area contributed by atoms with E-state index in [1.807, 2.05) is 115 Å². The Labute approximate surface area is 781 Å². The van der Waals surface area contributed by atoms with E-state index in [9.17, 15) is 83.4 Å². The molecular formula is C92H85Br3F6N3O18P5S3. The van der Waals surface area contributed by atoms with Gasteiger partial charge in [0, 0.05) is 104 Å². The normalized spacial score (nSPS) is 13.5. The molecule has 1 aliphatic rings. The zero-order valence-electron chi connectivity index (χ0n) is 69.1. The number of hydrogen-bond donors (Lipinski definition) is 11. The van der Waals surface area contributed by atoms with Gasteiger partial charge in [0.25, 0.3) is 0 Å². The number of carbonyl (C=O) groups excluding carboxylic acids is 1. The summed E-state index contributed by atoms with van der Waals surface area (Å²) in [7, 11) is -26.4. The molecule has 1 aliphatic carbocycles. The van der Waals surface area contributed by atoms with Crippen LogP contribution in [0.2, 0.25) is 0 Å². The first kappa shape index (κ1) is 101. The van der Waals surface area contributed by atoms with E-state index in [2.05, 4.69) is 73.5 Å². The lowest BCUT2D eigenvalue weighted by Gasteiger charge is -2.19. The molecule has 0 radical (unpaired) electrons. The van der Waals surface area contributed by atoms with Crippen LogP contribution >= 0.6 is 121 Å². The molecule has 0 saturated heterocycles. The van der Waals surface area contributed by atoms with Crippen molar-refractivity contribution in [1.29, 1.82) is 0 Å². The quantitative estimate of drug-likeness (QED) is 0.0109. The number of benzene rings is 10. The van der Waals surface area contributed by atoms with Gasteiger partial charge in [0.1, 0.15) is 5.69 Å². The largest absolute Gasteiger partial charge is 0.481 e. The van der Waals surface area contributed by atoms with Crippen LogP contribution in [-0.4, -0.2) is 80.7 Å². The summed E-state index contributed by atoms with van der Waals surface area (Å²) in [6, 6.07) is 64.6. The van der Waals surface area contributed by atoms with Gasteiger partial charge in [-0.25, -0.2) is 4.98 Å². The Morgan fingerprint density at radius 3 is 1.13 bits per heavy atom. The van der Waals surface area contributed by atoms with Crippen molar-refractivity contribution in [3.05, 3.63) is 322 Å². The van der Waals surface area contributed by atoms with Crippen LogP contribution < -0.4 is 10.6 Å². The molecule has 38 heteroatoms. The second-order valence-electron chi connectivity index (χ2n) is 31.6. The first-order valence-electron chi connectivity index (χ1n) is 40.0. The molecule has 3 heterocycles. The molecule has 1 atom stereocenters. The van der Waals surface area contributed by atoms with Crippen LogP contribution in [0.4, 0.5) is 26.3 Å². The molecule has 0 bridgehead atoms. The third kappa shape index (κ3) is 24.9. The number of aromatic nitrogens is 3. The molecule has 0 spiro atoms. The molecule has 21 nitrogen and oxygen atoms in total. The van der Waals surface area contributed by atoms with Gasteiger partial charge in [0.05, 0.1) is 33.6 Å². The maximum atomic E-state index is 14.1. The van der Waals surface area contributed by atoms with Crippen LogP contribution in [0.15, 0.2) is 244 Å². The van der Waals surface area contributed by atoms with Crippen molar-refractivity contribution in [3.8, 4) is 33.4 Å². The highest BCUT2D eigenvalue weighted by atomic mass is 79.9. The standard InChI is InChI=1S/C32H33BrF2NO5PS.C31H24BrF2NO7P2S.C29H28BrF2NO6P2S/c1-19(2)12-20(3)29-11-9-24-14-25(15-26(16-30(37)38)31(24)36-29)23-7-4-21(5-8-23)17-43-18-22-6-10-27(28(33)13-22)32(34,35)42(39,40)41;32-26-14-20(8-12-25(26)31(33,34)44(40,41)42)18-45-17-19-6-9-21(10-7-19)24-15-23-11-13-27(30(36)22-4-2-1-3-5-22)35-29(23)28(16-24)43(37,38)39;30-25-13-19(7-11-24(25)29(31,32)41(37,38)39)17-42-16-18-5-8-20(9-6-18)23-14-22-10-12-26(21-3-1-2-4-21)33-28(22)27(15-23)40(34,35)36/h4-11,13-15,19-20H,12,16-18H2,1-3H3,(H,37,38)(H2,39,40,41);1-16H,17-18H2,(H2,37,38,39)(H2,40,41,42);5-15,21H,1-4,16-17H2,(H2,34,35,36)(H2,37,38,39). The van der Waals surface area contributed by atoms with E-state index in [-0.39, 0.29) is 53.4 Å². The Morgan fingerprint density at radius 1 is 0.408 bits per heavy atom. The number of fused-ring (bicyclic) bond motifs is 3. The summed E-state index contributed by atoms with van der Waals surface area (Å²) in [5, 5.41) is 11.2. The summed E-state index contributed by atoms with van der Waals surface area (Å²) in [5.41, 5.74) is -1.37. The highest BCUT2D eigenvalue weighted by Crippen LogP contribution is 2.63. The summed E-state index contributed by atoms with van der Waals surface area (Å²) < 4.78 is 143. The van der Waals surface area contributed by atoms with E-state index in [1.165, 1.54) is 78.1 Å². The molecule has 682 valence electrons. The van der Waals surface area contributed by atoms with Gasteiger partial charge in [0.15, 0.2) is 0 Å². The van der Waals surface area contributed by atoms with Crippen LogP contribution in [-0.2, 0) is 85.5 Å². The van der Waals surface area contributed by atoms with Crippen molar-refractivity contribution in [1.82, 2.24) is 15.0 Å². The maximum Gasteiger partial charge on any atom is 0.399 e. The SMILES string of the molecule is CC(C)CC(C)c1ccc2cc(-c3ccc(CSCc4ccc(C(F)(F)P(=O)(O)O)c(Br)c4)cc3)cc(CC(=O)O)c2n1.O=C(c1ccccc1)c1ccc2cc(-c3ccc(CSCc4ccc(C(F)(F)P(=O)(O)O)c(Br)c4)cc3)cc(P(=O)(O)O)c2n1.O=P(O)(O)c1cc(-c2ccc(CSCc3ccc(C(F)(F)P(=O)(O)O)c(Br)c3)cc2)cc2ccc(C3CCCC3)nc12. The molecule has 11 N–H and O–H groups in total. The molecule has 3 aromatic heterocycles. The van der Waals surface area contributed by atoms with E-state index >= 15 is 0 Å². The van der Waals surface area contributed by atoms with Crippen molar-refractivity contribution in [2.75, 3.05) is 0 Å². The van der Waals surface area contributed by atoms with E-state index in [0.717, 1.165) is 112 Å². The summed E-state index contributed by atoms with van der Waals surface area (Å²) >= 11 is 13.6. The van der Waals surface area contributed by atoms with Crippen molar-refractivity contribution in [3.63, 3.8) is 0 Å². The first-order chi connectivity index (χ1) is 61.0. The molecule has 130 heavy (non-hydrogen) atoms. The molecule has 1 unspecified atom stereocenters. The van der Waals surface area contributed by atoms with E-state index in [1.54, 1.807) is 54.2 Å². The Kier molecular flexibility index (Phi) is 32.8. The van der Waals surface area contributed by atoms with Crippen LogP contribution in [0.25, 0.3) is 66.1 Å². The minimum atomic E-state index is -5.68. The lowest BCUT2D eigenvalue weighted by atomic mass is 9.93. The molecule has 14 rings (SSSR count). The smallest absolute Gasteiger partial charge is 0.399 e. The van der Waals surface area contributed by atoms with E-state index in [4.69, 9.17) is 39.3 Å². The number of carboxylic acids is 1. The average molecular weight is 2130 g/mol. The highest BCUT2D eigenvalue weighted by molar-refractivity contribution is 9.11.